The molecular formula is C21H17N3OS2. The summed E-state index contributed by atoms with van der Waals surface area (Å²) in [5, 5.41) is 0.702. The number of hydrogen-bond donors (Lipinski definition) is 0. The van der Waals surface area contributed by atoms with Crippen molar-refractivity contribution in [3.05, 3.63) is 89.5 Å². The Kier molecular flexibility index (Phi) is 5.18. The lowest BCUT2D eigenvalue weighted by atomic mass is 10.2. The van der Waals surface area contributed by atoms with E-state index < -0.39 is 0 Å². The Labute approximate surface area is 165 Å². The van der Waals surface area contributed by atoms with Crippen molar-refractivity contribution < 1.29 is 0 Å². The Balaban J connectivity index is 1.76. The van der Waals surface area contributed by atoms with E-state index in [1.807, 2.05) is 54.7 Å². The molecule has 0 N–H and O–H groups in total. The molecule has 1 aromatic carbocycles. The minimum Gasteiger partial charge on any atom is -0.282 e. The lowest BCUT2D eigenvalue weighted by Crippen LogP contribution is -2.21. The molecule has 0 radical (unpaired) electrons. The summed E-state index contributed by atoms with van der Waals surface area (Å²) in [5.74, 6) is 0.707. The van der Waals surface area contributed by atoms with Crippen molar-refractivity contribution in [2.24, 2.45) is 0 Å². The fraction of sp³-hybridized carbons (Fsp3) is 0.0952. The highest BCUT2D eigenvalue weighted by molar-refractivity contribution is 7.98. The number of allylic oxidation sites excluding steroid dienone is 1. The highest BCUT2D eigenvalue weighted by Crippen LogP contribution is 2.32. The van der Waals surface area contributed by atoms with Crippen molar-refractivity contribution in [3.63, 3.8) is 0 Å². The van der Waals surface area contributed by atoms with Gasteiger partial charge in [0.2, 0.25) is 0 Å². The number of hydrogen-bond acceptors (Lipinski definition) is 5. The maximum Gasteiger partial charge on any atom is 0.272 e. The molecule has 3 aromatic heterocycles. The van der Waals surface area contributed by atoms with Crippen LogP contribution in [0.15, 0.2) is 83.5 Å². The van der Waals surface area contributed by atoms with Crippen LogP contribution in [0, 0.1) is 0 Å². The zero-order valence-electron chi connectivity index (χ0n) is 14.5. The van der Waals surface area contributed by atoms with Crippen molar-refractivity contribution in [1.82, 2.24) is 14.5 Å². The second-order valence-electron chi connectivity index (χ2n) is 5.94. The molecule has 0 aliphatic heterocycles. The van der Waals surface area contributed by atoms with Gasteiger partial charge in [-0.3, -0.25) is 14.3 Å². The van der Waals surface area contributed by atoms with Crippen LogP contribution in [0.1, 0.15) is 5.56 Å². The number of nitrogens with zero attached hydrogens (tertiary/aromatic N) is 3. The number of fused-ring (bicyclic) bond motifs is 1. The van der Waals surface area contributed by atoms with E-state index in [1.54, 1.807) is 28.6 Å². The molecule has 0 amide bonds. The standard InChI is InChI=1S/C21H17N3OS2/c1-2-11-24-20(25)19-17(12-18(27-19)16-8-4-3-5-9-16)23-21(24)26-14-15-7-6-10-22-13-15/h2-10,12-13H,1,11,14H2. The highest BCUT2D eigenvalue weighted by Gasteiger charge is 2.15. The number of rotatable bonds is 6. The average molecular weight is 392 g/mol. The van der Waals surface area contributed by atoms with Gasteiger partial charge in [0, 0.05) is 29.6 Å². The fourth-order valence-corrected chi connectivity index (χ4v) is 4.76. The van der Waals surface area contributed by atoms with Crippen LogP contribution in [-0.4, -0.2) is 14.5 Å². The van der Waals surface area contributed by atoms with Gasteiger partial charge in [-0.1, -0.05) is 54.2 Å². The van der Waals surface area contributed by atoms with Gasteiger partial charge in [0.25, 0.3) is 5.56 Å². The van der Waals surface area contributed by atoms with Gasteiger partial charge in [-0.25, -0.2) is 4.98 Å². The van der Waals surface area contributed by atoms with E-state index in [0.29, 0.717) is 22.2 Å². The molecule has 4 aromatic rings. The zero-order valence-corrected chi connectivity index (χ0v) is 16.2. The van der Waals surface area contributed by atoms with Crippen molar-refractivity contribution in [2.45, 2.75) is 17.5 Å². The second-order valence-corrected chi connectivity index (χ2v) is 7.93. The number of thiophene rings is 1. The first-order chi connectivity index (χ1) is 13.3. The number of aromatic nitrogens is 3. The summed E-state index contributed by atoms with van der Waals surface area (Å²) >= 11 is 3.03. The molecule has 0 saturated carbocycles. The van der Waals surface area contributed by atoms with Crippen LogP contribution in [0.25, 0.3) is 20.7 Å². The Morgan fingerprint density at radius 2 is 2.04 bits per heavy atom. The molecule has 6 heteroatoms. The van der Waals surface area contributed by atoms with E-state index in [0.717, 1.165) is 21.5 Å². The summed E-state index contributed by atoms with van der Waals surface area (Å²) in [5.41, 5.74) is 2.93. The quantitative estimate of drug-likeness (QED) is 0.264. The smallest absolute Gasteiger partial charge is 0.272 e. The summed E-state index contributed by atoms with van der Waals surface area (Å²) in [7, 11) is 0. The zero-order chi connectivity index (χ0) is 18.6. The molecule has 0 unspecified atom stereocenters. The molecule has 0 aliphatic carbocycles. The van der Waals surface area contributed by atoms with E-state index in [2.05, 4.69) is 11.6 Å². The normalized spacial score (nSPS) is 11.0. The molecule has 27 heavy (non-hydrogen) atoms. The molecule has 0 spiro atoms. The molecule has 0 atom stereocenters. The Morgan fingerprint density at radius 1 is 1.19 bits per heavy atom. The molecule has 0 fully saturated rings. The second kappa shape index (κ2) is 7.90. The molecule has 4 rings (SSSR count). The molecule has 4 nitrogen and oxygen atoms in total. The average Bonchev–Trinajstić information content (AvgIpc) is 3.15. The third-order valence-corrected chi connectivity index (χ3v) is 6.27. The number of thioether (sulfide) groups is 1. The third-order valence-electron chi connectivity index (χ3n) is 4.06. The Hall–Kier alpha value is -2.70. The van der Waals surface area contributed by atoms with Gasteiger partial charge in [0.15, 0.2) is 5.16 Å². The molecule has 0 saturated heterocycles. The van der Waals surface area contributed by atoms with Crippen LogP contribution >= 0.6 is 23.1 Å². The molecule has 0 aliphatic rings. The molecular weight excluding hydrogens is 374 g/mol. The first kappa shape index (κ1) is 17.7. The van der Waals surface area contributed by atoms with Gasteiger partial charge < -0.3 is 0 Å². The van der Waals surface area contributed by atoms with E-state index in [-0.39, 0.29) is 5.56 Å². The summed E-state index contributed by atoms with van der Waals surface area (Å²) in [6, 6.07) is 16.0. The van der Waals surface area contributed by atoms with E-state index in [9.17, 15) is 4.79 Å². The lowest BCUT2D eigenvalue weighted by molar-refractivity contribution is 0.673. The first-order valence-electron chi connectivity index (χ1n) is 8.48. The molecule has 3 heterocycles. The predicted octanol–water partition coefficient (Wildman–Crippen LogP) is 5.00. The molecule has 0 bridgehead atoms. The van der Waals surface area contributed by atoms with Crippen molar-refractivity contribution in [1.29, 1.82) is 0 Å². The van der Waals surface area contributed by atoms with Crippen LogP contribution in [0.4, 0.5) is 0 Å². The first-order valence-corrected chi connectivity index (χ1v) is 10.3. The van der Waals surface area contributed by atoms with Crippen molar-refractivity contribution >= 4 is 33.3 Å². The van der Waals surface area contributed by atoms with E-state index >= 15 is 0 Å². The monoisotopic (exact) mass is 391 g/mol. The molecule has 134 valence electrons. The minimum atomic E-state index is -0.0132. The van der Waals surface area contributed by atoms with Crippen molar-refractivity contribution in [2.75, 3.05) is 0 Å². The van der Waals surface area contributed by atoms with Gasteiger partial charge in [0.1, 0.15) is 4.70 Å². The van der Waals surface area contributed by atoms with Gasteiger partial charge in [-0.15, -0.1) is 17.9 Å². The Bertz CT molecular complexity index is 1130. The third kappa shape index (κ3) is 3.72. The van der Waals surface area contributed by atoms with Crippen LogP contribution < -0.4 is 5.56 Å². The van der Waals surface area contributed by atoms with Crippen LogP contribution in [0.2, 0.25) is 0 Å². The van der Waals surface area contributed by atoms with Gasteiger partial charge >= 0.3 is 0 Å². The fourth-order valence-electron chi connectivity index (χ4n) is 2.77. The van der Waals surface area contributed by atoms with Crippen LogP contribution in [-0.2, 0) is 12.3 Å². The Morgan fingerprint density at radius 3 is 2.78 bits per heavy atom. The summed E-state index contributed by atoms with van der Waals surface area (Å²) in [6.07, 6.45) is 5.32. The van der Waals surface area contributed by atoms with Gasteiger partial charge in [0.05, 0.1) is 5.52 Å². The predicted molar refractivity (Wildman–Crippen MR) is 113 cm³/mol. The van der Waals surface area contributed by atoms with E-state index in [1.165, 1.54) is 11.3 Å². The number of pyridine rings is 1. The largest absolute Gasteiger partial charge is 0.282 e. The minimum absolute atomic E-state index is 0.0132. The van der Waals surface area contributed by atoms with Crippen LogP contribution in [0.3, 0.4) is 0 Å². The maximum atomic E-state index is 13.1. The van der Waals surface area contributed by atoms with Crippen molar-refractivity contribution in [3.8, 4) is 10.4 Å². The number of benzene rings is 1. The lowest BCUT2D eigenvalue weighted by Gasteiger charge is -2.09. The summed E-state index contributed by atoms with van der Waals surface area (Å²) in [6.45, 7) is 4.23. The SMILES string of the molecule is C=CCn1c(SCc2cccnc2)nc2cc(-c3ccccc3)sc2c1=O. The summed E-state index contributed by atoms with van der Waals surface area (Å²) in [4.78, 5) is 23.0. The highest BCUT2D eigenvalue weighted by atomic mass is 32.2. The van der Waals surface area contributed by atoms with Crippen LogP contribution in [0.5, 0.6) is 0 Å². The van der Waals surface area contributed by atoms with Gasteiger partial charge in [-0.05, 0) is 23.3 Å². The van der Waals surface area contributed by atoms with E-state index in [4.69, 9.17) is 4.98 Å². The topological polar surface area (TPSA) is 47.8 Å². The summed E-state index contributed by atoms with van der Waals surface area (Å²) < 4.78 is 2.38. The van der Waals surface area contributed by atoms with Gasteiger partial charge in [-0.2, -0.15) is 0 Å². The maximum absolute atomic E-state index is 13.1.